The Balaban J connectivity index is 2.10. The molecule has 0 aliphatic carbocycles. The van der Waals surface area contributed by atoms with Crippen molar-refractivity contribution in [3.05, 3.63) is 5.82 Å². The molecule has 4 N–H and O–H groups in total. The molecule has 1 rings (SSSR count). The zero-order valence-electron chi connectivity index (χ0n) is 11.1. The normalized spacial score (nSPS) is 11.1. The minimum atomic E-state index is 0.202. The average molecular weight is 270 g/mol. The van der Waals surface area contributed by atoms with E-state index in [0.717, 1.165) is 18.7 Å². The highest BCUT2D eigenvalue weighted by atomic mass is 32.2. The van der Waals surface area contributed by atoms with Crippen LogP contribution >= 0.6 is 11.8 Å². The third-order valence-electron chi connectivity index (χ3n) is 2.33. The van der Waals surface area contributed by atoms with Crippen molar-refractivity contribution in [2.45, 2.75) is 19.3 Å². The lowest BCUT2D eigenvalue weighted by Gasteiger charge is -2.08. The maximum atomic E-state index is 5.50. The summed E-state index contributed by atoms with van der Waals surface area (Å²) < 4.78 is 0. The van der Waals surface area contributed by atoms with Gasteiger partial charge in [0.1, 0.15) is 5.82 Å². The minimum Gasteiger partial charge on any atom is -0.368 e. The van der Waals surface area contributed by atoms with Crippen LogP contribution in [0.15, 0.2) is 0 Å². The highest BCUT2D eigenvalue weighted by Gasteiger charge is 2.01. The van der Waals surface area contributed by atoms with Crippen LogP contribution in [-0.2, 0) is 6.42 Å². The van der Waals surface area contributed by atoms with Crippen LogP contribution in [0, 0.1) is 0 Å². The van der Waals surface area contributed by atoms with Gasteiger partial charge in [-0.1, -0.05) is 0 Å². The van der Waals surface area contributed by atoms with Gasteiger partial charge in [0, 0.05) is 12.2 Å². The molecule has 1 aromatic heterocycles. The molecule has 0 bridgehead atoms. The topological polar surface area (TPSA) is 94.0 Å². The summed E-state index contributed by atoms with van der Waals surface area (Å²) in [5.41, 5.74) is 11.0. The van der Waals surface area contributed by atoms with Gasteiger partial charge in [0.25, 0.3) is 0 Å². The monoisotopic (exact) mass is 270 g/mol. The largest absolute Gasteiger partial charge is 0.368 e. The molecule has 1 aromatic rings. The number of aromatic nitrogens is 3. The molecule has 0 spiro atoms. The van der Waals surface area contributed by atoms with Crippen molar-refractivity contribution in [3.8, 4) is 0 Å². The number of nitrogens with zero attached hydrogens (tertiary/aromatic N) is 4. The molecule has 6 nitrogen and oxygen atoms in total. The molecule has 1 heterocycles. The number of nitrogen functional groups attached to an aromatic ring is 2. The van der Waals surface area contributed by atoms with Crippen LogP contribution in [0.25, 0.3) is 0 Å². The summed E-state index contributed by atoms with van der Waals surface area (Å²) in [6.45, 7) is 1.15. The number of thioether (sulfide) groups is 1. The van der Waals surface area contributed by atoms with Gasteiger partial charge in [-0.25, -0.2) is 0 Å². The van der Waals surface area contributed by atoms with Crippen molar-refractivity contribution in [1.82, 2.24) is 19.9 Å². The molecule has 102 valence electrons. The first kappa shape index (κ1) is 15.0. The van der Waals surface area contributed by atoms with Crippen LogP contribution in [0.1, 0.15) is 18.7 Å². The third kappa shape index (κ3) is 6.61. The maximum Gasteiger partial charge on any atom is 0.225 e. The summed E-state index contributed by atoms with van der Waals surface area (Å²) in [5.74, 6) is 3.25. The van der Waals surface area contributed by atoms with Crippen LogP contribution in [0.2, 0.25) is 0 Å². The zero-order valence-corrected chi connectivity index (χ0v) is 11.9. The van der Waals surface area contributed by atoms with Crippen LogP contribution in [0.5, 0.6) is 0 Å². The van der Waals surface area contributed by atoms with E-state index in [4.69, 9.17) is 11.5 Å². The van der Waals surface area contributed by atoms with E-state index < -0.39 is 0 Å². The average Bonchev–Trinajstić information content (AvgIpc) is 2.26. The molecule has 18 heavy (non-hydrogen) atoms. The van der Waals surface area contributed by atoms with Crippen molar-refractivity contribution in [2.75, 3.05) is 43.6 Å². The Kier molecular flexibility index (Phi) is 6.74. The molecule has 0 atom stereocenters. The van der Waals surface area contributed by atoms with Crippen molar-refractivity contribution in [3.63, 3.8) is 0 Å². The van der Waals surface area contributed by atoms with Crippen LogP contribution in [0.3, 0.4) is 0 Å². The second-order valence-corrected chi connectivity index (χ2v) is 5.57. The molecule has 0 amide bonds. The Hall–Kier alpha value is -1.08. The van der Waals surface area contributed by atoms with Crippen molar-refractivity contribution in [1.29, 1.82) is 0 Å². The van der Waals surface area contributed by atoms with E-state index in [2.05, 4.69) is 33.9 Å². The number of aryl methyl sites for hydroxylation is 1. The standard InChI is InChI=1S/C11H22N6S/c1-17(2)6-3-4-7-18-8-5-9-14-10(12)16-11(13)15-9/h3-8H2,1-2H3,(H4,12,13,14,15,16). The fourth-order valence-corrected chi connectivity index (χ4v) is 2.41. The number of unbranched alkanes of at least 4 members (excludes halogenated alkanes) is 1. The Morgan fingerprint density at radius 1 is 1.00 bits per heavy atom. The first-order valence-corrected chi connectivity index (χ1v) is 7.22. The lowest BCUT2D eigenvalue weighted by molar-refractivity contribution is 0.399. The van der Waals surface area contributed by atoms with Gasteiger partial charge >= 0.3 is 0 Å². The number of hydrogen-bond acceptors (Lipinski definition) is 7. The summed E-state index contributed by atoms with van der Waals surface area (Å²) in [6, 6.07) is 0. The zero-order chi connectivity index (χ0) is 13.4. The number of anilines is 2. The van der Waals surface area contributed by atoms with Gasteiger partial charge in [0.05, 0.1) is 0 Å². The molecule has 0 unspecified atom stereocenters. The van der Waals surface area contributed by atoms with E-state index in [-0.39, 0.29) is 11.9 Å². The molecule has 0 aliphatic rings. The molecule has 0 aromatic carbocycles. The van der Waals surface area contributed by atoms with Crippen molar-refractivity contribution in [2.24, 2.45) is 0 Å². The minimum absolute atomic E-state index is 0.202. The van der Waals surface area contributed by atoms with E-state index in [9.17, 15) is 0 Å². The molecular weight excluding hydrogens is 248 g/mol. The van der Waals surface area contributed by atoms with E-state index in [0.29, 0.717) is 5.82 Å². The second-order valence-electron chi connectivity index (χ2n) is 4.34. The summed E-state index contributed by atoms with van der Waals surface area (Å²) in [4.78, 5) is 14.0. The smallest absolute Gasteiger partial charge is 0.225 e. The summed E-state index contributed by atoms with van der Waals surface area (Å²) in [7, 11) is 4.20. The van der Waals surface area contributed by atoms with Gasteiger partial charge < -0.3 is 16.4 Å². The van der Waals surface area contributed by atoms with E-state index in [1.807, 2.05) is 11.8 Å². The van der Waals surface area contributed by atoms with E-state index >= 15 is 0 Å². The lowest BCUT2D eigenvalue weighted by atomic mass is 10.3. The number of hydrogen-bond donors (Lipinski definition) is 2. The highest BCUT2D eigenvalue weighted by molar-refractivity contribution is 7.99. The van der Waals surface area contributed by atoms with E-state index in [1.165, 1.54) is 18.6 Å². The van der Waals surface area contributed by atoms with E-state index in [1.54, 1.807) is 0 Å². The maximum absolute atomic E-state index is 5.50. The molecular formula is C11H22N6S. The lowest BCUT2D eigenvalue weighted by Crippen LogP contribution is -2.12. The Bertz CT molecular complexity index is 337. The Morgan fingerprint density at radius 3 is 2.28 bits per heavy atom. The Morgan fingerprint density at radius 2 is 1.67 bits per heavy atom. The first-order valence-electron chi connectivity index (χ1n) is 6.06. The molecule has 0 radical (unpaired) electrons. The van der Waals surface area contributed by atoms with Gasteiger partial charge in [-0.05, 0) is 39.2 Å². The predicted molar refractivity (Wildman–Crippen MR) is 77.5 cm³/mol. The van der Waals surface area contributed by atoms with Crippen LogP contribution in [0.4, 0.5) is 11.9 Å². The molecule has 0 fully saturated rings. The van der Waals surface area contributed by atoms with Gasteiger partial charge in [-0.15, -0.1) is 0 Å². The SMILES string of the molecule is CN(C)CCCCSCCc1nc(N)nc(N)n1. The second kappa shape index (κ2) is 8.10. The van der Waals surface area contributed by atoms with Gasteiger partial charge in [-0.2, -0.15) is 26.7 Å². The van der Waals surface area contributed by atoms with Crippen molar-refractivity contribution < 1.29 is 0 Å². The predicted octanol–water partition coefficient (Wildman–Crippen LogP) is 0.654. The fourth-order valence-electron chi connectivity index (χ4n) is 1.47. The Labute approximate surface area is 113 Å². The molecule has 0 saturated heterocycles. The summed E-state index contributed by atoms with van der Waals surface area (Å²) >= 11 is 1.91. The fraction of sp³-hybridized carbons (Fsp3) is 0.727. The molecule has 0 saturated carbocycles. The van der Waals surface area contributed by atoms with Crippen molar-refractivity contribution >= 4 is 23.7 Å². The number of nitrogens with two attached hydrogens (primary N) is 2. The molecule has 7 heteroatoms. The van der Waals surface area contributed by atoms with Gasteiger partial charge in [0.2, 0.25) is 11.9 Å². The van der Waals surface area contributed by atoms with Crippen LogP contribution < -0.4 is 11.5 Å². The van der Waals surface area contributed by atoms with Gasteiger partial charge in [-0.3, -0.25) is 0 Å². The first-order chi connectivity index (χ1) is 8.58. The summed E-state index contributed by atoms with van der Waals surface area (Å²) in [5, 5.41) is 0. The molecule has 0 aliphatic heterocycles. The highest BCUT2D eigenvalue weighted by Crippen LogP contribution is 2.08. The number of rotatable bonds is 8. The third-order valence-corrected chi connectivity index (χ3v) is 3.40. The van der Waals surface area contributed by atoms with Gasteiger partial charge in [0.15, 0.2) is 0 Å². The quantitative estimate of drug-likeness (QED) is 0.670. The van der Waals surface area contributed by atoms with Crippen LogP contribution in [-0.4, -0.2) is 52.0 Å². The summed E-state index contributed by atoms with van der Waals surface area (Å²) in [6.07, 6.45) is 3.27.